The number of ether oxygens (including phenoxy) is 1. The monoisotopic (exact) mass is 128 g/mol. The van der Waals surface area contributed by atoms with Crippen LogP contribution < -0.4 is 5.32 Å². The maximum atomic E-state index is 10.6. The molecule has 1 aliphatic rings. The van der Waals surface area contributed by atoms with Crippen molar-refractivity contribution in [1.82, 2.24) is 5.32 Å². The number of amidine groups is 1. The van der Waals surface area contributed by atoms with Crippen molar-refractivity contribution < 1.29 is 9.53 Å². The fourth-order valence-corrected chi connectivity index (χ4v) is 0.686. The van der Waals surface area contributed by atoms with Crippen molar-refractivity contribution in [3.8, 4) is 0 Å². The molecule has 2 N–H and O–H groups in total. The summed E-state index contributed by atoms with van der Waals surface area (Å²) in [6.07, 6.45) is 0.186. The van der Waals surface area contributed by atoms with Gasteiger partial charge in [-0.05, 0) is 6.42 Å². The molecule has 0 aromatic rings. The molecular weight excluding hydrogens is 120 g/mol. The highest BCUT2D eigenvalue weighted by Crippen LogP contribution is 2.03. The lowest BCUT2D eigenvalue weighted by Gasteiger charge is -1.99. The number of rotatable bonds is 1. The molecule has 0 aromatic carbocycles. The number of hydrogen-bond acceptors (Lipinski definition) is 3. The summed E-state index contributed by atoms with van der Waals surface area (Å²) in [5.41, 5.74) is 0. The lowest BCUT2D eigenvalue weighted by Crippen LogP contribution is -2.23. The van der Waals surface area contributed by atoms with Crippen LogP contribution in [-0.2, 0) is 9.53 Å². The Hall–Kier alpha value is -1.06. The smallest absolute Gasteiger partial charge is 0.289 e. The maximum absolute atomic E-state index is 10.6. The molecule has 1 atom stereocenters. The molecular formula is C5H8N2O2. The van der Waals surface area contributed by atoms with Crippen molar-refractivity contribution in [2.24, 2.45) is 0 Å². The Labute approximate surface area is 52.7 Å². The number of amides is 1. The van der Waals surface area contributed by atoms with Crippen LogP contribution in [0.2, 0.25) is 0 Å². The van der Waals surface area contributed by atoms with Crippen molar-refractivity contribution in [3.05, 3.63) is 0 Å². The van der Waals surface area contributed by atoms with E-state index in [4.69, 9.17) is 10.1 Å². The predicted octanol–water partition coefficient (Wildman–Crippen LogP) is -0.154. The first-order chi connectivity index (χ1) is 4.24. The van der Waals surface area contributed by atoms with Gasteiger partial charge in [0.15, 0.2) is 6.10 Å². The third-order valence-electron chi connectivity index (χ3n) is 1.16. The second-order valence-corrected chi connectivity index (χ2v) is 1.83. The molecule has 0 radical (unpaired) electrons. The molecule has 0 spiro atoms. The molecule has 0 aromatic heterocycles. The summed E-state index contributed by atoms with van der Waals surface area (Å²) in [7, 11) is 0. The van der Waals surface area contributed by atoms with Crippen molar-refractivity contribution in [3.63, 3.8) is 0 Å². The fraction of sp³-hybridized carbons (Fsp3) is 0.600. The molecule has 9 heavy (non-hydrogen) atoms. The van der Waals surface area contributed by atoms with Crippen molar-refractivity contribution in [1.29, 1.82) is 5.41 Å². The molecule has 1 unspecified atom stereocenters. The van der Waals surface area contributed by atoms with E-state index < -0.39 is 6.10 Å². The molecule has 1 fully saturated rings. The van der Waals surface area contributed by atoms with Gasteiger partial charge in [-0.3, -0.25) is 15.5 Å². The van der Waals surface area contributed by atoms with Gasteiger partial charge in [-0.25, -0.2) is 0 Å². The zero-order chi connectivity index (χ0) is 6.85. The summed E-state index contributed by atoms with van der Waals surface area (Å²) in [5, 5.41) is 9.10. The maximum Gasteiger partial charge on any atom is 0.289 e. The van der Waals surface area contributed by atoms with Gasteiger partial charge < -0.3 is 4.74 Å². The Bertz CT molecular complexity index is 155. The summed E-state index contributed by atoms with van der Waals surface area (Å²) in [6.45, 7) is 1.84. The van der Waals surface area contributed by atoms with Gasteiger partial charge >= 0.3 is 0 Å². The Morgan fingerprint density at radius 3 is 2.78 bits per heavy atom. The largest absolute Gasteiger partial charge is 0.452 e. The first-order valence-corrected chi connectivity index (χ1v) is 2.80. The predicted molar refractivity (Wildman–Crippen MR) is 31.0 cm³/mol. The normalized spacial score (nSPS) is 25.7. The summed E-state index contributed by atoms with van der Waals surface area (Å²) in [5.74, 6) is -0.206. The summed E-state index contributed by atoms with van der Waals surface area (Å²) in [6, 6.07) is -0.133. The molecule has 0 bridgehead atoms. The molecule has 1 heterocycles. The number of hydrogen-bond donors (Lipinski definition) is 2. The first kappa shape index (κ1) is 6.07. The van der Waals surface area contributed by atoms with Gasteiger partial charge in [0.1, 0.15) is 0 Å². The highest BCUT2D eigenvalue weighted by Gasteiger charge is 2.27. The highest BCUT2D eigenvalue weighted by molar-refractivity contribution is 6.00. The van der Waals surface area contributed by atoms with Crippen LogP contribution in [0.4, 0.5) is 0 Å². The van der Waals surface area contributed by atoms with Gasteiger partial charge in [0, 0.05) is 0 Å². The third kappa shape index (κ3) is 1.01. The second-order valence-electron chi connectivity index (χ2n) is 1.83. The van der Waals surface area contributed by atoms with E-state index in [0.29, 0.717) is 6.42 Å². The van der Waals surface area contributed by atoms with Crippen LogP contribution in [0.5, 0.6) is 0 Å². The van der Waals surface area contributed by atoms with Crippen LogP contribution in [0.15, 0.2) is 0 Å². The van der Waals surface area contributed by atoms with Crippen molar-refractivity contribution in [2.75, 3.05) is 0 Å². The summed E-state index contributed by atoms with van der Waals surface area (Å²) >= 11 is 0. The SMILES string of the molecule is CCC1OC(=N)NC1=O. The zero-order valence-electron chi connectivity index (χ0n) is 5.10. The van der Waals surface area contributed by atoms with Crippen molar-refractivity contribution in [2.45, 2.75) is 19.4 Å². The van der Waals surface area contributed by atoms with E-state index in [1.165, 1.54) is 0 Å². The Balaban J connectivity index is 2.58. The Morgan fingerprint density at radius 1 is 1.89 bits per heavy atom. The minimum atomic E-state index is -0.433. The third-order valence-corrected chi connectivity index (χ3v) is 1.16. The lowest BCUT2D eigenvalue weighted by atomic mass is 10.3. The number of carbonyl (C=O) groups is 1. The number of carbonyl (C=O) groups excluding carboxylic acids is 1. The average molecular weight is 128 g/mol. The molecule has 1 amide bonds. The standard InChI is InChI=1S/C5H8N2O2/c1-2-3-4(8)7-5(6)9-3/h3H,2H2,1H3,(H2,6,7,8). The van der Waals surface area contributed by atoms with E-state index in [-0.39, 0.29) is 11.9 Å². The molecule has 1 saturated heterocycles. The first-order valence-electron chi connectivity index (χ1n) is 2.80. The molecule has 0 aliphatic carbocycles. The van der Waals surface area contributed by atoms with Gasteiger partial charge in [0.25, 0.3) is 11.9 Å². The fourth-order valence-electron chi connectivity index (χ4n) is 0.686. The lowest BCUT2D eigenvalue weighted by molar-refractivity contribution is -0.123. The molecule has 4 heteroatoms. The van der Waals surface area contributed by atoms with Crippen LogP contribution in [0, 0.1) is 5.41 Å². The Kier molecular flexibility index (Phi) is 1.38. The van der Waals surface area contributed by atoms with Gasteiger partial charge in [0.2, 0.25) is 0 Å². The van der Waals surface area contributed by atoms with E-state index in [0.717, 1.165) is 0 Å². The minimum absolute atomic E-state index is 0.133. The van der Waals surface area contributed by atoms with E-state index in [1.807, 2.05) is 6.92 Å². The summed E-state index contributed by atoms with van der Waals surface area (Å²) < 4.78 is 4.75. The summed E-state index contributed by atoms with van der Waals surface area (Å²) in [4.78, 5) is 10.6. The topological polar surface area (TPSA) is 62.2 Å². The molecule has 4 nitrogen and oxygen atoms in total. The van der Waals surface area contributed by atoms with Gasteiger partial charge in [-0.15, -0.1) is 0 Å². The minimum Gasteiger partial charge on any atom is -0.452 e. The average Bonchev–Trinajstić information content (AvgIpc) is 2.10. The van der Waals surface area contributed by atoms with Gasteiger partial charge in [-0.1, -0.05) is 6.92 Å². The van der Waals surface area contributed by atoms with Crippen LogP contribution in [0.3, 0.4) is 0 Å². The van der Waals surface area contributed by atoms with Crippen LogP contribution in [0.25, 0.3) is 0 Å². The van der Waals surface area contributed by atoms with E-state index >= 15 is 0 Å². The second kappa shape index (κ2) is 2.05. The Morgan fingerprint density at radius 2 is 2.56 bits per heavy atom. The van der Waals surface area contributed by atoms with Crippen LogP contribution in [-0.4, -0.2) is 18.0 Å². The zero-order valence-corrected chi connectivity index (χ0v) is 5.10. The van der Waals surface area contributed by atoms with E-state index in [1.54, 1.807) is 0 Å². The molecule has 1 aliphatic heterocycles. The van der Waals surface area contributed by atoms with Gasteiger partial charge in [0.05, 0.1) is 0 Å². The quantitative estimate of drug-likeness (QED) is 0.515. The molecule has 1 rings (SSSR count). The van der Waals surface area contributed by atoms with Gasteiger partial charge in [-0.2, -0.15) is 0 Å². The highest BCUT2D eigenvalue weighted by atomic mass is 16.5. The van der Waals surface area contributed by atoms with Crippen LogP contribution in [0.1, 0.15) is 13.3 Å². The van der Waals surface area contributed by atoms with Crippen LogP contribution >= 0.6 is 0 Å². The molecule has 50 valence electrons. The van der Waals surface area contributed by atoms with E-state index in [9.17, 15) is 4.79 Å². The molecule has 0 saturated carbocycles. The number of nitrogens with one attached hydrogen (secondary N) is 2. The van der Waals surface area contributed by atoms with E-state index in [2.05, 4.69) is 5.32 Å². The van der Waals surface area contributed by atoms with Crippen molar-refractivity contribution >= 4 is 11.9 Å².